The maximum absolute atomic E-state index is 13.5. The second-order valence-electron chi connectivity index (χ2n) is 7.92. The third-order valence-electron chi connectivity index (χ3n) is 5.42. The smallest absolute Gasteiger partial charge is 0.364 e. The largest absolute Gasteiger partial charge is 0.497 e. The highest BCUT2D eigenvalue weighted by molar-refractivity contribution is 7.91. The Morgan fingerprint density at radius 1 is 1.03 bits per heavy atom. The number of aromatic nitrogens is 2. The number of carbonyl (C=O) groups excluding carboxylic acids is 1. The van der Waals surface area contributed by atoms with Crippen LogP contribution in [0.4, 0.5) is 10.1 Å². The summed E-state index contributed by atoms with van der Waals surface area (Å²) in [4.78, 5) is 23.2. The number of anilines is 1. The third kappa shape index (κ3) is 6.31. The van der Waals surface area contributed by atoms with E-state index in [-0.39, 0.29) is 41.8 Å². The number of ether oxygens (including phenoxy) is 2. The fourth-order valence-electron chi connectivity index (χ4n) is 3.45. The van der Waals surface area contributed by atoms with Crippen molar-refractivity contribution >= 4 is 21.5 Å². The average Bonchev–Trinajstić information content (AvgIpc) is 3.43. The van der Waals surface area contributed by atoms with E-state index in [1.54, 1.807) is 53.4 Å². The van der Waals surface area contributed by atoms with Gasteiger partial charge >= 0.3 is 5.97 Å². The number of halogens is 1. The Hall–Kier alpha value is -4.25. The van der Waals surface area contributed by atoms with Gasteiger partial charge < -0.3 is 18.8 Å². The quantitative estimate of drug-likeness (QED) is 0.169. The van der Waals surface area contributed by atoms with Crippen LogP contribution >= 0.6 is 0 Å². The van der Waals surface area contributed by atoms with Crippen LogP contribution in [0.1, 0.15) is 28.7 Å². The van der Waals surface area contributed by atoms with Crippen molar-refractivity contribution < 1.29 is 31.5 Å². The first-order valence-electron chi connectivity index (χ1n) is 11.3. The Balaban J connectivity index is 1.77. The number of methoxy groups -OCH3 is 1. The molecule has 0 unspecified atom stereocenters. The number of furan rings is 1. The first kappa shape index (κ1) is 25.8. The summed E-state index contributed by atoms with van der Waals surface area (Å²) >= 11 is 0. The normalized spacial score (nSPS) is 11.2. The van der Waals surface area contributed by atoms with Crippen LogP contribution in [-0.4, -0.2) is 37.2 Å². The average molecular weight is 526 g/mol. The molecule has 0 aliphatic rings. The molecule has 9 nitrogen and oxygen atoms in total. The number of nitrogens with zero attached hydrogens (tertiary/aromatic N) is 3. The molecule has 0 atom stereocenters. The van der Waals surface area contributed by atoms with E-state index in [4.69, 9.17) is 13.9 Å². The summed E-state index contributed by atoms with van der Waals surface area (Å²) in [6.07, 6.45) is 2.78. The molecule has 0 N–H and O–H groups in total. The Morgan fingerprint density at radius 2 is 1.73 bits per heavy atom. The second-order valence-corrected chi connectivity index (χ2v) is 10.1. The molecule has 2 aromatic heterocycles. The molecule has 2 heterocycles. The van der Waals surface area contributed by atoms with Gasteiger partial charge in [0, 0.05) is 6.54 Å². The molecule has 0 aliphatic heterocycles. The van der Waals surface area contributed by atoms with Crippen LogP contribution in [0.3, 0.4) is 0 Å². The van der Waals surface area contributed by atoms with Crippen molar-refractivity contribution in [2.45, 2.75) is 25.2 Å². The van der Waals surface area contributed by atoms with E-state index in [1.807, 2.05) is 0 Å². The van der Waals surface area contributed by atoms with Crippen molar-refractivity contribution in [3.8, 4) is 11.5 Å². The Bertz CT molecular complexity index is 1460. The number of sulfone groups is 1. The summed E-state index contributed by atoms with van der Waals surface area (Å²) in [6.45, 7) is 1.86. The van der Waals surface area contributed by atoms with Gasteiger partial charge in [0.15, 0.2) is 5.69 Å². The van der Waals surface area contributed by atoms with Gasteiger partial charge in [0.25, 0.3) is 0 Å². The molecular weight excluding hydrogens is 501 g/mol. The molecule has 0 aliphatic carbocycles. The van der Waals surface area contributed by atoms with Crippen molar-refractivity contribution in [3.05, 3.63) is 96.0 Å². The van der Waals surface area contributed by atoms with Crippen molar-refractivity contribution in [2.75, 3.05) is 17.8 Å². The van der Waals surface area contributed by atoms with Crippen LogP contribution in [-0.2, 0) is 22.9 Å². The van der Waals surface area contributed by atoms with E-state index in [9.17, 15) is 17.6 Å². The van der Waals surface area contributed by atoms with Crippen LogP contribution < -0.4 is 14.4 Å². The lowest BCUT2D eigenvalue weighted by Gasteiger charge is -2.25. The van der Waals surface area contributed by atoms with Gasteiger partial charge in [-0.2, -0.15) is 0 Å². The second kappa shape index (κ2) is 11.2. The summed E-state index contributed by atoms with van der Waals surface area (Å²) in [5.74, 6) is -0.150. The zero-order valence-electron chi connectivity index (χ0n) is 20.1. The fourth-order valence-corrected chi connectivity index (χ4v) is 4.15. The predicted molar refractivity (Wildman–Crippen MR) is 133 cm³/mol. The lowest BCUT2D eigenvalue weighted by molar-refractivity contribution is 0.0728. The van der Waals surface area contributed by atoms with Gasteiger partial charge in [-0.1, -0.05) is 19.1 Å². The van der Waals surface area contributed by atoms with E-state index in [2.05, 4.69) is 9.97 Å². The molecule has 4 rings (SSSR count). The Morgan fingerprint density at radius 3 is 2.35 bits per heavy atom. The molecule has 0 saturated carbocycles. The number of esters is 1. The summed E-state index contributed by atoms with van der Waals surface area (Å²) in [6, 6.07) is 15.7. The Labute approximate surface area is 213 Å². The number of hydrogen-bond donors (Lipinski definition) is 0. The molecule has 0 amide bonds. The molecule has 0 spiro atoms. The van der Waals surface area contributed by atoms with Gasteiger partial charge in [-0.15, -0.1) is 0 Å². The summed E-state index contributed by atoms with van der Waals surface area (Å²) in [7, 11) is -2.30. The minimum Gasteiger partial charge on any atom is -0.497 e. The van der Waals surface area contributed by atoms with Gasteiger partial charge in [-0.3, -0.25) is 0 Å². The molecule has 0 radical (unpaired) electrons. The lowest BCUT2D eigenvalue weighted by Crippen LogP contribution is -2.27. The monoisotopic (exact) mass is 525 g/mol. The SMILES string of the molecule is CCS(=O)(=O)c1ncc(N(Cc2ccc(F)cc2)Cc2ccco2)c(C(=O)Oc2ccc(OC)cc2)n1. The molecule has 0 bridgehead atoms. The molecule has 0 fully saturated rings. The number of hydrogen-bond acceptors (Lipinski definition) is 9. The summed E-state index contributed by atoms with van der Waals surface area (Å²) in [5, 5.41) is -0.486. The van der Waals surface area contributed by atoms with E-state index in [1.165, 1.54) is 38.6 Å². The first-order valence-corrected chi connectivity index (χ1v) is 12.9. The fraction of sp³-hybridized carbons (Fsp3) is 0.192. The van der Waals surface area contributed by atoms with Crippen LogP contribution in [0.15, 0.2) is 82.7 Å². The molecule has 11 heteroatoms. The standard InChI is InChI=1S/C26H24FN3O6S/c1-3-37(32,33)26-28-15-23(24(29-26)25(31)36-21-12-10-20(34-2)11-13-21)30(17-22-5-4-14-35-22)16-18-6-8-19(27)9-7-18/h4-15H,3,16-17H2,1-2H3. The molecule has 2 aromatic carbocycles. The van der Waals surface area contributed by atoms with Crippen LogP contribution in [0.5, 0.6) is 11.5 Å². The molecule has 4 aromatic rings. The van der Waals surface area contributed by atoms with Crippen molar-refractivity contribution in [2.24, 2.45) is 0 Å². The predicted octanol–water partition coefficient (Wildman–Crippen LogP) is 4.44. The highest BCUT2D eigenvalue weighted by Crippen LogP contribution is 2.26. The minimum atomic E-state index is -3.82. The first-order chi connectivity index (χ1) is 17.8. The maximum Gasteiger partial charge on any atom is 0.364 e. The maximum atomic E-state index is 13.5. The van der Waals surface area contributed by atoms with E-state index in [0.29, 0.717) is 11.5 Å². The van der Waals surface area contributed by atoms with Crippen molar-refractivity contribution in [3.63, 3.8) is 0 Å². The minimum absolute atomic E-state index is 0.191. The topological polar surface area (TPSA) is 112 Å². The van der Waals surface area contributed by atoms with E-state index < -0.39 is 21.0 Å². The molecule has 192 valence electrons. The van der Waals surface area contributed by atoms with Gasteiger partial charge in [0.2, 0.25) is 15.0 Å². The number of benzene rings is 2. The Kier molecular flexibility index (Phi) is 7.83. The highest BCUT2D eigenvalue weighted by atomic mass is 32.2. The highest BCUT2D eigenvalue weighted by Gasteiger charge is 2.26. The van der Waals surface area contributed by atoms with E-state index >= 15 is 0 Å². The van der Waals surface area contributed by atoms with Gasteiger partial charge in [-0.25, -0.2) is 27.6 Å². The van der Waals surface area contributed by atoms with Crippen molar-refractivity contribution in [1.29, 1.82) is 0 Å². The zero-order chi connectivity index (χ0) is 26.4. The third-order valence-corrected chi connectivity index (χ3v) is 6.94. The molecule has 0 saturated heterocycles. The van der Waals surface area contributed by atoms with Gasteiger partial charge in [0.1, 0.15) is 23.1 Å². The molecular formula is C26H24FN3O6S. The van der Waals surface area contributed by atoms with Crippen LogP contribution in [0.25, 0.3) is 0 Å². The van der Waals surface area contributed by atoms with Crippen LogP contribution in [0.2, 0.25) is 0 Å². The number of rotatable bonds is 10. The summed E-state index contributed by atoms with van der Waals surface area (Å²) < 4.78 is 54.6. The van der Waals surface area contributed by atoms with Gasteiger partial charge in [-0.05, 0) is 54.1 Å². The lowest BCUT2D eigenvalue weighted by atomic mass is 10.2. The van der Waals surface area contributed by atoms with Crippen molar-refractivity contribution in [1.82, 2.24) is 9.97 Å². The molecule has 37 heavy (non-hydrogen) atoms. The number of carbonyl (C=O) groups is 1. The van der Waals surface area contributed by atoms with Gasteiger partial charge in [0.05, 0.1) is 37.6 Å². The summed E-state index contributed by atoms with van der Waals surface area (Å²) in [5.41, 5.74) is 0.702. The van der Waals surface area contributed by atoms with E-state index in [0.717, 1.165) is 5.56 Å². The zero-order valence-corrected chi connectivity index (χ0v) is 20.9. The van der Waals surface area contributed by atoms with Crippen LogP contribution in [0, 0.1) is 5.82 Å².